The van der Waals surface area contributed by atoms with E-state index in [1.165, 1.54) is 11.1 Å². The van der Waals surface area contributed by atoms with E-state index >= 15 is 0 Å². The van der Waals surface area contributed by atoms with Gasteiger partial charge < -0.3 is 11.1 Å². The third-order valence-electron chi connectivity index (χ3n) is 3.61. The highest BCUT2D eigenvalue weighted by Gasteiger charge is 2.23. The van der Waals surface area contributed by atoms with Gasteiger partial charge >= 0.3 is 0 Å². The van der Waals surface area contributed by atoms with E-state index in [-0.39, 0.29) is 11.9 Å². The number of nitrogens with two attached hydrogens (primary N) is 1. The first-order chi connectivity index (χ1) is 9.24. The molecule has 2 aromatic carbocycles. The van der Waals surface area contributed by atoms with Gasteiger partial charge in [0.2, 0.25) is 0 Å². The van der Waals surface area contributed by atoms with Gasteiger partial charge in [-0.15, -0.1) is 0 Å². The van der Waals surface area contributed by atoms with Crippen LogP contribution in [0, 0.1) is 0 Å². The van der Waals surface area contributed by atoms with Crippen molar-refractivity contribution in [2.24, 2.45) is 0 Å². The maximum atomic E-state index is 12.2. The number of benzene rings is 2. The molecule has 0 unspecified atom stereocenters. The average Bonchev–Trinajstić information content (AvgIpc) is 2.83. The molecule has 0 saturated heterocycles. The Hall–Kier alpha value is -2.29. The quantitative estimate of drug-likeness (QED) is 0.807. The van der Waals surface area contributed by atoms with Crippen molar-refractivity contribution in [3.63, 3.8) is 0 Å². The van der Waals surface area contributed by atoms with E-state index in [2.05, 4.69) is 17.4 Å². The Morgan fingerprint density at radius 2 is 1.84 bits per heavy atom. The van der Waals surface area contributed by atoms with Crippen LogP contribution < -0.4 is 11.1 Å². The van der Waals surface area contributed by atoms with Gasteiger partial charge in [-0.25, -0.2) is 0 Å². The Morgan fingerprint density at radius 3 is 2.63 bits per heavy atom. The third-order valence-corrected chi connectivity index (χ3v) is 3.61. The van der Waals surface area contributed by atoms with Crippen LogP contribution in [0.5, 0.6) is 0 Å². The van der Waals surface area contributed by atoms with Crippen LogP contribution in [0.1, 0.15) is 33.9 Å². The summed E-state index contributed by atoms with van der Waals surface area (Å²) in [5, 5.41) is 3.09. The summed E-state index contributed by atoms with van der Waals surface area (Å²) in [4.78, 5) is 12.2. The van der Waals surface area contributed by atoms with E-state index in [4.69, 9.17) is 5.73 Å². The third kappa shape index (κ3) is 2.32. The Morgan fingerprint density at radius 1 is 1.11 bits per heavy atom. The zero-order valence-electron chi connectivity index (χ0n) is 10.6. The van der Waals surface area contributed by atoms with Crippen molar-refractivity contribution < 1.29 is 4.79 Å². The molecule has 3 rings (SSSR count). The summed E-state index contributed by atoms with van der Waals surface area (Å²) in [6.45, 7) is 0. The number of carbonyl (C=O) groups excluding carboxylic acids is 1. The molecule has 0 saturated carbocycles. The topological polar surface area (TPSA) is 55.1 Å². The zero-order valence-corrected chi connectivity index (χ0v) is 10.6. The second-order valence-electron chi connectivity index (χ2n) is 4.89. The van der Waals surface area contributed by atoms with E-state index in [1.807, 2.05) is 12.1 Å². The van der Waals surface area contributed by atoms with E-state index in [1.54, 1.807) is 24.3 Å². The molecule has 0 heterocycles. The Kier molecular flexibility index (Phi) is 2.95. The van der Waals surface area contributed by atoms with Gasteiger partial charge in [0, 0.05) is 11.3 Å². The second kappa shape index (κ2) is 4.76. The van der Waals surface area contributed by atoms with Crippen molar-refractivity contribution in [2.45, 2.75) is 18.9 Å². The predicted molar refractivity (Wildman–Crippen MR) is 75.8 cm³/mol. The minimum absolute atomic E-state index is 0.0401. The molecule has 1 aliphatic rings. The fourth-order valence-electron chi connectivity index (χ4n) is 2.58. The molecule has 0 aliphatic heterocycles. The number of nitrogens with one attached hydrogen (secondary N) is 1. The van der Waals surface area contributed by atoms with E-state index in [0.717, 1.165) is 12.8 Å². The van der Waals surface area contributed by atoms with E-state index < -0.39 is 0 Å². The maximum Gasteiger partial charge on any atom is 0.251 e. The Balaban J connectivity index is 1.76. The number of rotatable bonds is 2. The zero-order chi connectivity index (χ0) is 13.2. The van der Waals surface area contributed by atoms with Crippen LogP contribution in [0.3, 0.4) is 0 Å². The van der Waals surface area contributed by atoms with Crippen molar-refractivity contribution >= 4 is 11.6 Å². The van der Waals surface area contributed by atoms with Crippen LogP contribution in [-0.4, -0.2) is 5.91 Å². The van der Waals surface area contributed by atoms with Gasteiger partial charge in [0.05, 0.1) is 6.04 Å². The first-order valence-corrected chi connectivity index (χ1v) is 6.48. The standard InChI is InChI=1S/C16H16N2O/c17-13-8-5-12(6-9-13)16(19)18-15-10-7-11-3-1-2-4-14(11)15/h1-6,8-9,15H,7,10,17H2,(H,18,19)/t15-/m1/s1. The van der Waals surface area contributed by atoms with Crippen molar-refractivity contribution in [2.75, 3.05) is 5.73 Å². The average molecular weight is 252 g/mol. The summed E-state index contributed by atoms with van der Waals surface area (Å²) in [6, 6.07) is 15.4. The molecule has 2 aromatic rings. The minimum Gasteiger partial charge on any atom is -0.399 e. The molecule has 1 atom stereocenters. The molecule has 1 aliphatic carbocycles. The normalized spacial score (nSPS) is 16.9. The molecule has 0 bridgehead atoms. The lowest BCUT2D eigenvalue weighted by molar-refractivity contribution is 0.0937. The first-order valence-electron chi connectivity index (χ1n) is 6.48. The van der Waals surface area contributed by atoms with Crippen LogP contribution in [-0.2, 0) is 6.42 Å². The van der Waals surface area contributed by atoms with Crippen LogP contribution >= 0.6 is 0 Å². The van der Waals surface area contributed by atoms with Gasteiger partial charge in [0.25, 0.3) is 5.91 Å². The summed E-state index contributed by atoms with van der Waals surface area (Å²) in [6.07, 6.45) is 2.00. The Labute approximate surface area is 112 Å². The number of amides is 1. The molecule has 0 aromatic heterocycles. The van der Waals surface area contributed by atoms with Crippen LogP contribution in [0.25, 0.3) is 0 Å². The molecule has 3 nitrogen and oxygen atoms in total. The summed E-state index contributed by atoms with van der Waals surface area (Å²) in [5.74, 6) is -0.0401. The van der Waals surface area contributed by atoms with Gasteiger partial charge in [-0.3, -0.25) is 4.79 Å². The second-order valence-corrected chi connectivity index (χ2v) is 4.89. The number of carbonyl (C=O) groups is 1. The lowest BCUT2D eigenvalue weighted by Crippen LogP contribution is -2.27. The SMILES string of the molecule is Nc1ccc(C(=O)N[C@@H]2CCc3ccccc32)cc1. The largest absolute Gasteiger partial charge is 0.399 e. The molecular weight excluding hydrogens is 236 g/mol. The summed E-state index contributed by atoms with van der Waals surface area (Å²) >= 11 is 0. The van der Waals surface area contributed by atoms with Crippen molar-refractivity contribution in [3.05, 3.63) is 65.2 Å². The van der Waals surface area contributed by atoms with Gasteiger partial charge in [-0.1, -0.05) is 24.3 Å². The van der Waals surface area contributed by atoms with E-state index in [9.17, 15) is 4.79 Å². The van der Waals surface area contributed by atoms with Gasteiger partial charge in [0.1, 0.15) is 0 Å². The van der Waals surface area contributed by atoms with Gasteiger partial charge in [-0.05, 0) is 48.2 Å². The van der Waals surface area contributed by atoms with E-state index in [0.29, 0.717) is 11.3 Å². The minimum atomic E-state index is -0.0401. The molecule has 3 N–H and O–H groups in total. The molecule has 96 valence electrons. The van der Waals surface area contributed by atoms with Gasteiger partial charge in [-0.2, -0.15) is 0 Å². The molecule has 1 amide bonds. The number of fused-ring (bicyclic) bond motifs is 1. The van der Waals surface area contributed by atoms with Crippen molar-refractivity contribution in [1.82, 2.24) is 5.32 Å². The molecule has 0 radical (unpaired) electrons. The monoisotopic (exact) mass is 252 g/mol. The number of hydrogen-bond donors (Lipinski definition) is 2. The fourth-order valence-corrected chi connectivity index (χ4v) is 2.58. The van der Waals surface area contributed by atoms with Crippen LogP contribution in [0.15, 0.2) is 48.5 Å². The molecule has 3 heteroatoms. The maximum absolute atomic E-state index is 12.2. The molecule has 19 heavy (non-hydrogen) atoms. The van der Waals surface area contributed by atoms with Crippen LogP contribution in [0.4, 0.5) is 5.69 Å². The molecular formula is C16H16N2O. The van der Waals surface area contributed by atoms with Crippen LogP contribution in [0.2, 0.25) is 0 Å². The Bertz CT molecular complexity index is 604. The first kappa shape index (κ1) is 11.8. The van der Waals surface area contributed by atoms with Gasteiger partial charge in [0.15, 0.2) is 0 Å². The molecule has 0 fully saturated rings. The number of hydrogen-bond acceptors (Lipinski definition) is 2. The van der Waals surface area contributed by atoms with Crippen molar-refractivity contribution in [3.8, 4) is 0 Å². The highest BCUT2D eigenvalue weighted by atomic mass is 16.1. The smallest absolute Gasteiger partial charge is 0.251 e. The number of anilines is 1. The summed E-state index contributed by atoms with van der Waals surface area (Å²) in [7, 11) is 0. The summed E-state index contributed by atoms with van der Waals surface area (Å²) in [5.41, 5.74) is 9.52. The predicted octanol–water partition coefficient (Wildman–Crippen LogP) is 2.69. The van der Waals surface area contributed by atoms with Crippen molar-refractivity contribution in [1.29, 1.82) is 0 Å². The lowest BCUT2D eigenvalue weighted by atomic mass is 10.1. The highest BCUT2D eigenvalue weighted by Crippen LogP contribution is 2.30. The fraction of sp³-hybridized carbons (Fsp3) is 0.188. The lowest BCUT2D eigenvalue weighted by Gasteiger charge is -2.14. The highest BCUT2D eigenvalue weighted by molar-refractivity contribution is 5.94. The summed E-state index contributed by atoms with van der Waals surface area (Å²) < 4.78 is 0. The number of aryl methyl sites for hydroxylation is 1. The number of nitrogen functional groups attached to an aromatic ring is 1. The molecule has 0 spiro atoms.